The van der Waals surface area contributed by atoms with Crippen molar-refractivity contribution in [2.75, 3.05) is 12.0 Å². The second-order valence-corrected chi connectivity index (χ2v) is 7.74. The molecule has 0 radical (unpaired) electrons. The highest BCUT2D eigenvalue weighted by Crippen LogP contribution is 2.33. The van der Waals surface area contributed by atoms with E-state index in [0.717, 1.165) is 12.0 Å². The Bertz CT molecular complexity index is 418. The Hall–Kier alpha value is -0.340. The van der Waals surface area contributed by atoms with Gasteiger partial charge in [0.1, 0.15) is 0 Å². The number of alkyl halides is 1. The lowest BCUT2D eigenvalue weighted by molar-refractivity contribution is 0.484. The number of nitrogens with one attached hydrogen (secondary N) is 1. The molecule has 0 aromatic heterocycles. The fourth-order valence-electron chi connectivity index (χ4n) is 2.91. The molecule has 0 spiro atoms. The highest BCUT2D eigenvalue weighted by Gasteiger charge is 2.25. The van der Waals surface area contributed by atoms with Crippen LogP contribution in [0.5, 0.6) is 0 Å². The van der Waals surface area contributed by atoms with Crippen molar-refractivity contribution in [1.29, 1.82) is 0 Å². The van der Waals surface area contributed by atoms with Crippen LogP contribution in [0.2, 0.25) is 0 Å². The zero-order valence-corrected chi connectivity index (χ0v) is 15.0. The molecule has 1 nitrogen and oxygen atoms in total. The smallest absolute Gasteiger partial charge is 0.0517 e. The van der Waals surface area contributed by atoms with E-state index in [-0.39, 0.29) is 10.8 Å². The van der Waals surface area contributed by atoms with Crippen LogP contribution in [0.25, 0.3) is 0 Å². The molecule has 108 valence electrons. The molecule has 1 rings (SSSR count). The van der Waals surface area contributed by atoms with E-state index in [9.17, 15) is 0 Å². The number of aryl methyl sites for hydroxylation is 2. The summed E-state index contributed by atoms with van der Waals surface area (Å²) in [5, 5.41) is 3.40. The first-order valence-corrected chi connectivity index (χ1v) is 8.10. The van der Waals surface area contributed by atoms with Gasteiger partial charge in [0.05, 0.1) is 5.45 Å². The van der Waals surface area contributed by atoms with Crippen molar-refractivity contribution in [2.24, 2.45) is 0 Å². The molecule has 0 amide bonds. The van der Waals surface area contributed by atoms with Gasteiger partial charge in [-0.1, -0.05) is 62.7 Å². The summed E-state index contributed by atoms with van der Waals surface area (Å²) in [5.74, 6) is 0. The molecule has 0 heterocycles. The van der Waals surface area contributed by atoms with Gasteiger partial charge >= 0.3 is 0 Å². The molecule has 2 heteroatoms. The molecule has 1 aromatic carbocycles. The molecule has 0 unspecified atom stereocenters. The molecular weight excluding hydrogens is 298 g/mol. The molecular formula is C17H28BrN. The number of hydrogen-bond acceptors (Lipinski definition) is 1. The highest BCUT2D eigenvalue weighted by atomic mass is 79.9. The van der Waals surface area contributed by atoms with Gasteiger partial charge in [0.15, 0.2) is 0 Å². The van der Waals surface area contributed by atoms with E-state index in [1.54, 1.807) is 0 Å². The van der Waals surface area contributed by atoms with Crippen molar-refractivity contribution < 1.29 is 0 Å². The molecule has 0 saturated carbocycles. The molecule has 0 aliphatic heterocycles. The summed E-state index contributed by atoms with van der Waals surface area (Å²) in [4.78, 5) is 0. The van der Waals surface area contributed by atoms with Gasteiger partial charge in [0.25, 0.3) is 0 Å². The summed E-state index contributed by atoms with van der Waals surface area (Å²) < 4.78 is 0. The summed E-state index contributed by atoms with van der Waals surface area (Å²) in [6.07, 6.45) is 0. The predicted molar refractivity (Wildman–Crippen MR) is 89.4 cm³/mol. The first-order chi connectivity index (χ1) is 8.59. The van der Waals surface area contributed by atoms with Crippen molar-refractivity contribution in [3.63, 3.8) is 0 Å². The monoisotopic (exact) mass is 325 g/mol. The maximum absolute atomic E-state index is 3.44. The normalized spacial score (nSPS) is 12.8. The minimum Gasteiger partial charge on any atom is -0.306 e. The van der Waals surface area contributed by atoms with E-state index < -0.39 is 0 Å². The van der Waals surface area contributed by atoms with Gasteiger partial charge in [-0.15, -0.1) is 0 Å². The van der Waals surface area contributed by atoms with Gasteiger partial charge in [-0.05, 0) is 41.5 Å². The molecule has 0 fully saturated rings. The molecule has 1 N–H and O–H groups in total. The molecule has 0 bridgehead atoms. The minimum absolute atomic E-state index is 0.151. The Labute approximate surface area is 127 Å². The quantitative estimate of drug-likeness (QED) is 0.618. The second-order valence-electron chi connectivity index (χ2n) is 7.18. The van der Waals surface area contributed by atoms with Gasteiger partial charge in [-0.2, -0.15) is 0 Å². The lowest BCUT2D eigenvalue weighted by Crippen LogP contribution is -2.33. The van der Waals surface area contributed by atoms with Gasteiger partial charge in [-0.3, -0.25) is 0 Å². The second kappa shape index (κ2) is 5.97. The van der Waals surface area contributed by atoms with E-state index in [2.05, 4.69) is 81.8 Å². The third-order valence-corrected chi connectivity index (χ3v) is 4.13. The van der Waals surface area contributed by atoms with Crippen LogP contribution in [0.15, 0.2) is 12.1 Å². The summed E-state index contributed by atoms with van der Waals surface area (Å²) >= 11 is 3.44. The van der Waals surface area contributed by atoms with Crippen LogP contribution in [-0.2, 0) is 10.8 Å². The van der Waals surface area contributed by atoms with Gasteiger partial charge in [-0.25, -0.2) is 0 Å². The third-order valence-electron chi connectivity index (χ3n) is 3.74. The maximum Gasteiger partial charge on any atom is 0.0517 e. The third kappa shape index (κ3) is 4.06. The van der Waals surface area contributed by atoms with Crippen LogP contribution in [0.3, 0.4) is 0 Å². The summed E-state index contributed by atoms with van der Waals surface area (Å²) in [6, 6.07) is 4.72. The van der Waals surface area contributed by atoms with Crippen molar-refractivity contribution in [3.05, 3.63) is 34.4 Å². The van der Waals surface area contributed by atoms with Gasteiger partial charge in [0.2, 0.25) is 0 Å². The van der Waals surface area contributed by atoms with Gasteiger partial charge < -0.3 is 5.32 Å². The Morgan fingerprint density at radius 3 is 1.84 bits per heavy atom. The molecule has 19 heavy (non-hydrogen) atoms. The summed E-state index contributed by atoms with van der Waals surface area (Å²) in [6.45, 7) is 16.9. The fraction of sp³-hybridized carbons (Fsp3) is 0.647. The van der Waals surface area contributed by atoms with Gasteiger partial charge in [0, 0.05) is 12.0 Å². The first kappa shape index (κ1) is 16.7. The predicted octanol–water partition coefficient (Wildman–Crippen LogP) is 4.82. The van der Waals surface area contributed by atoms with Crippen molar-refractivity contribution in [1.82, 2.24) is 5.32 Å². The van der Waals surface area contributed by atoms with Crippen LogP contribution in [0, 0.1) is 13.8 Å². The Kier molecular flexibility index (Phi) is 5.25. The fourth-order valence-corrected chi connectivity index (χ4v) is 3.11. The number of halogens is 1. The zero-order chi connectivity index (χ0) is 14.8. The van der Waals surface area contributed by atoms with E-state index in [1.165, 1.54) is 22.3 Å². The molecule has 0 aliphatic carbocycles. The lowest BCUT2D eigenvalue weighted by Gasteiger charge is -2.31. The van der Waals surface area contributed by atoms with Crippen LogP contribution in [-0.4, -0.2) is 12.0 Å². The standard InChI is InChI=1S/C17H28BrN/c1-12-8-14(16(3,4)5)9-13(2)15(12)17(6,7)10-19-11-18/h8-9,19H,10-11H2,1-7H3. The maximum atomic E-state index is 3.44. The average molecular weight is 326 g/mol. The van der Waals surface area contributed by atoms with Crippen LogP contribution < -0.4 is 5.32 Å². The molecule has 0 aliphatic rings. The van der Waals surface area contributed by atoms with Crippen molar-refractivity contribution in [3.8, 4) is 0 Å². The largest absolute Gasteiger partial charge is 0.306 e. The number of rotatable bonds is 4. The van der Waals surface area contributed by atoms with E-state index in [4.69, 9.17) is 0 Å². The Balaban J connectivity index is 3.24. The topological polar surface area (TPSA) is 12.0 Å². The summed E-state index contributed by atoms with van der Waals surface area (Å²) in [7, 11) is 0. The van der Waals surface area contributed by atoms with E-state index in [0.29, 0.717) is 0 Å². The minimum atomic E-state index is 0.151. The SMILES string of the molecule is Cc1cc(C(C)(C)C)cc(C)c1C(C)(C)CNCBr. The van der Waals surface area contributed by atoms with Crippen LogP contribution in [0.4, 0.5) is 0 Å². The highest BCUT2D eigenvalue weighted by molar-refractivity contribution is 9.09. The van der Waals surface area contributed by atoms with Crippen molar-refractivity contribution in [2.45, 2.75) is 59.3 Å². The zero-order valence-electron chi connectivity index (χ0n) is 13.4. The van der Waals surface area contributed by atoms with Crippen LogP contribution in [0.1, 0.15) is 56.9 Å². The van der Waals surface area contributed by atoms with E-state index in [1.807, 2.05) is 0 Å². The number of hydrogen-bond donors (Lipinski definition) is 1. The van der Waals surface area contributed by atoms with Crippen molar-refractivity contribution >= 4 is 15.9 Å². The van der Waals surface area contributed by atoms with E-state index >= 15 is 0 Å². The summed E-state index contributed by atoms with van der Waals surface area (Å²) in [5.41, 5.74) is 6.93. The lowest BCUT2D eigenvalue weighted by atomic mass is 9.76. The first-order valence-electron chi connectivity index (χ1n) is 6.98. The number of benzene rings is 1. The molecule has 0 atom stereocenters. The molecule has 1 aromatic rings. The Morgan fingerprint density at radius 2 is 1.47 bits per heavy atom. The molecule has 0 saturated heterocycles. The average Bonchev–Trinajstić information content (AvgIpc) is 2.23. The Morgan fingerprint density at radius 1 is 1.00 bits per heavy atom. The van der Waals surface area contributed by atoms with Crippen LogP contribution >= 0.6 is 15.9 Å².